The van der Waals surface area contributed by atoms with Gasteiger partial charge in [-0.3, -0.25) is 0 Å². The van der Waals surface area contributed by atoms with Gasteiger partial charge in [0.05, 0.1) is 0 Å². The summed E-state index contributed by atoms with van der Waals surface area (Å²) >= 11 is 0.608. The van der Waals surface area contributed by atoms with Crippen LogP contribution in [0.25, 0.3) is 0 Å². The van der Waals surface area contributed by atoms with Crippen LogP contribution in [-0.4, -0.2) is 18.2 Å². The van der Waals surface area contributed by atoms with Crippen LogP contribution in [-0.2, 0) is 11.8 Å². The molecule has 1 aromatic rings. The highest BCUT2D eigenvalue weighted by molar-refractivity contribution is 7.12. The molecule has 2 N–H and O–H groups in total. The van der Waals surface area contributed by atoms with E-state index in [-0.39, 0.29) is 0 Å². The number of hydrogen-bond acceptors (Lipinski definition) is 3. The number of alkyl halides is 3. The average molecular weight is 223 g/mol. The smallest absolute Gasteiger partial charge is 0.382 e. The Bertz CT molecular complexity index is 343. The van der Waals surface area contributed by atoms with Crippen molar-refractivity contribution < 1.29 is 18.3 Å². The zero-order chi connectivity index (χ0) is 10.4. The van der Waals surface area contributed by atoms with Crippen molar-refractivity contribution in [1.29, 1.82) is 0 Å². The first kappa shape index (κ1) is 9.95. The van der Waals surface area contributed by atoms with Gasteiger partial charge in [-0.05, 0) is 12.1 Å². The van der Waals surface area contributed by atoms with Gasteiger partial charge in [0.1, 0.15) is 10.5 Å². The fourth-order valence-corrected chi connectivity index (χ4v) is 2.24. The van der Waals surface area contributed by atoms with Crippen molar-refractivity contribution in [2.75, 3.05) is 13.1 Å². The van der Waals surface area contributed by atoms with Crippen molar-refractivity contribution in [3.05, 3.63) is 21.9 Å². The Hall–Kier alpha value is -0.590. The van der Waals surface area contributed by atoms with Crippen LogP contribution in [0.2, 0.25) is 0 Å². The molecule has 1 aromatic heterocycles. The van der Waals surface area contributed by atoms with Gasteiger partial charge in [0, 0.05) is 18.0 Å². The molecular formula is C8H8F3NOS. The summed E-state index contributed by atoms with van der Waals surface area (Å²) in [6, 6.07) is 2.35. The molecule has 0 atom stereocenters. The third-order valence-electron chi connectivity index (χ3n) is 2.18. The van der Waals surface area contributed by atoms with Gasteiger partial charge < -0.3 is 10.4 Å². The lowest BCUT2D eigenvalue weighted by Crippen LogP contribution is -2.56. The number of nitrogens with one attached hydrogen (secondary N) is 1. The van der Waals surface area contributed by atoms with Crippen LogP contribution < -0.4 is 5.32 Å². The van der Waals surface area contributed by atoms with E-state index >= 15 is 0 Å². The molecule has 0 radical (unpaired) electrons. The zero-order valence-electron chi connectivity index (χ0n) is 7.06. The molecule has 6 heteroatoms. The predicted octanol–water partition coefficient (Wildman–Crippen LogP) is 1.56. The van der Waals surface area contributed by atoms with Crippen LogP contribution in [0.3, 0.4) is 0 Å². The lowest BCUT2D eigenvalue weighted by molar-refractivity contribution is -0.134. The molecule has 0 aromatic carbocycles. The minimum Gasteiger partial charge on any atom is -0.382 e. The second kappa shape index (κ2) is 2.95. The Labute approximate surface area is 82.4 Å². The number of aliphatic hydroxyl groups is 1. The summed E-state index contributed by atoms with van der Waals surface area (Å²) in [5.41, 5.74) is -1.09. The fraction of sp³-hybridized carbons (Fsp3) is 0.500. The Balaban J connectivity index is 2.26. The maximum absolute atomic E-state index is 12.2. The summed E-state index contributed by atoms with van der Waals surface area (Å²) < 4.78 is 36.7. The van der Waals surface area contributed by atoms with Crippen molar-refractivity contribution in [2.45, 2.75) is 11.8 Å². The maximum atomic E-state index is 12.2. The van der Waals surface area contributed by atoms with E-state index in [1.54, 1.807) is 0 Å². The van der Waals surface area contributed by atoms with E-state index < -0.39 is 16.7 Å². The molecule has 14 heavy (non-hydrogen) atoms. The first-order chi connectivity index (χ1) is 6.42. The maximum Gasteiger partial charge on any atom is 0.425 e. The van der Waals surface area contributed by atoms with E-state index in [1.807, 2.05) is 0 Å². The van der Waals surface area contributed by atoms with Gasteiger partial charge in [0.25, 0.3) is 0 Å². The number of rotatable bonds is 1. The summed E-state index contributed by atoms with van der Waals surface area (Å²) in [5, 5.41) is 12.6. The van der Waals surface area contributed by atoms with Crippen molar-refractivity contribution in [3.8, 4) is 0 Å². The second-order valence-corrected chi connectivity index (χ2v) is 4.38. The third-order valence-corrected chi connectivity index (χ3v) is 3.50. The standard InChI is InChI=1S/C8H8F3NOS/c9-8(10,11)6-2-1-5(14-6)7(13)3-12-4-7/h1-2,12-13H,3-4H2. The van der Waals surface area contributed by atoms with Gasteiger partial charge in [-0.2, -0.15) is 13.2 Å². The van der Waals surface area contributed by atoms with E-state index in [4.69, 9.17) is 0 Å². The molecule has 78 valence electrons. The minimum absolute atomic E-state index is 0.324. The van der Waals surface area contributed by atoms with Gasteiger partial charge in [-0.25, -0.2) is 0 Å². The minimum atomic E-state index is -4.31. The number of β-amino-alcohol motifs (C(OH)–C–C–N with tert-alkyl or cyclic N) is 1. The molecule has 2 nitrogen and oxygen atoms in total. The lowest BCUT2D eigenvalue weighted by Gasteiger charge is -2.36. The molecule has 2 heterocycles. The van der Waals surface area contributed by atoms with Crippen LogP contribution in [0.1, 0.15) is 9.75 Å². The van der Waals surface area contributed by atoms with Gasteiger partial charge in [0.2, 0.25) is 0 Å². The van der Waals surface area contributed by atoms with Crippen molar-refractivity contribution in [2.24, 2.45) is 0 Å². The molecule has 1 saturated heterocycles. The van der Waals surface area contributed by atoms with Crippen LogP contribution in [0.5, 0.6) is 0 Å². The Morgan fingerprint density at radius 3 is 2.36 bits per heavy atom. The van der Waals surface area contributed by atoms with E-state index in [2.05, 4.69) is 5.32 Å². The van der Waals surface area contributed by atoms with Gasteiger partial charge in [-0.1, -0.05) is 0 Å². The highest BCUT2D eigenvalue weighted by atomic mass is 32.1. The molecule has 0 amide bonds. The fourth-order valence-electron chi connectivity index (χ4n) is 1.28. The molecule has 2 rings (SSSR count). The quantitative estimate of drug-likeness (QED) is 0.757. The molecule has 1 fully saturated rings. The molecule has 0 unspecified atom stereocenters. The molecule has 1 aliphatic rings. The van der Waals surface area contributed by atoms with Crippen LogP contribution >= 0.6 is 11.3 Å². The number of halogens is 3. The topological polar surface area (TPSA) is 32.3 Å². The zero-order valence-corrected chi connectivity index (χ0v) is 7.87. The average Bonchev–Trinajstić information content (AvgIpc) is 2.46. The van der Waals surface area contributed by atoms with Gasteiger partial charge >= 0.3 is 6.18 Å². The summed E-state index contributed by atoms with van der Waals surface area (Å²) in [6.45, 7) is 0.648. The molecule has 0 spiro atoms. The molecular weight excluding hydrogens is 215 g/mol. The Kier molecular flexibility index (Phi) is 2.09. The molecule has 0 aliphatic carbocycles. The van der Waals surface area contributed by atoms with E-state index in [0.29, 0.717) is 29.3 Å². The molecule has 0 bridgehead atoms. The summed E-state index contributed by atoms with van der Waals surface area (Å²) in [7, 11) is 0. The Morgan fingerprint density at radius 1 is 1.36 bits per heavy atom. The second-order valence-electron chi connectivity index (χ2n) is 3.30. The highest BCUT2D eigenvalue weighted by Gasteiger charge is 2.40. The van der Waals surface area contributed by atoms with Crippen LogP contribution in [0, 0.1) is 0 Å². The first-order valence-corrected chi connectivity index (χ1v) is 4.84. The van der Waals surface area contributed by atoms with E-state index in [0.717, 1.165) is 6.07 Å². The van der Waals surface area contributed by atoms with Crippen molar-refractivity contribution >= 4 is 11.3 Å². The van der Waals surface area contributed by atoms with Crippen molar-refractivity contribution in [3.63, 3.8) is 0 Å². The molecule has 1 aliphatic heterocycles. The third kappa shape index (κ3) is 1.53. The predicted molar refractivity (Wildman–Crippen MR) is 46.1 cm³/mol. The SMILES string of the molecule is OC1(c2ccc(C(F)(F)F)s2)CNC1. The summed E-state index contributed by atoms with van der Waals surface area (Å²) in [4.78, 5) is -0.281. The van der Waals surface area contributed by atoms with Crippen molar-refractivity contribution in [1.82, 2.24) is 5.32 Å². The summed E-state index contributed by atoms with van der Waals surface area (Å²) in [5.74, 6) is 0. The van der Waals surface area contributed by atoms with Crippen LogP contribution in [0.4, 0.5) is 13.2 Å². The Morgan fingerprint density at radius 2 is 2.00 bits per heavy atom. The van der Waals surface area contributed by atoms with E-state index in [9.17, 15) is 18.3 Å². The molecule has 0 saturated carbocycles. The largest absolute Gasteiger partial charge is 0.425 e. The number of thiophene rings is 1. The lowest BCUT2D eigenvalue weighted by atomic mass is 9.95. The number of hydrogen-bond donors (Lipinski definition) is 2. The van der Waals surface area contributed by atoms with E-state index in [1.165, 1.54) is 6.07 Å². The van der Waals surface area contributed by atoms with Gasteiger partial charge in [0.15, 0.2) is 0 Å². The highest BCUT2D eigenvalue weighted by Crippen LogP contribution is 2.39. The summed E-state index contributed by atoms with van der Waals surface area (Å²) in [6.07, 6.45) is -4.31. The normalized spacial score (nSPS) is 20.6. The van der Waals surface area contributed by atoms with Gasteiger partial charge in [-0.15, -0.1) is 11.3 Å². The first-order valence-electron chi connectivity index (χ1n) is 4.02. The monoisotopic (exact) mass is 223 g/mol. The van der Waals surface area contributed by atoms with Crippen LogP contribution in [0.15, 0.2) is 12.1 Å².